The summed E-state index contributed by atoms with van der Waals surface area (Å²) in [6.07, 6.45) is 5.44. The molecule has 0 heterocycles. The molecule has 0 unspecified atom stereocenters. The minimum absolute atomic E-state index is 0.705. The van der Waals surface area contributed by atoms with Gasteiger partial charge in [-0.1, -0.05) is 25.0 Å². The molecule has 1 aromatic rings. The molecule has 0 amide bonds. The quantitative estimate of drug-likeness (QED) is 0.807. The Morgan fingerprint density at radius 1 is 1.22 bits per heavy atom. The van der Waals surface area contributed by atoms with Crippen LogP contribution in [0.3, 0.4) is 0 Å². The van der Waals surface area contributed by atoms with Crippen molar-refractivity contribution in [3.05, 3.63) is 29.8 Å². The normalized spacial score (nSPS) is 24.2. The van der Waals surface area contributed by atoms with Gasteiger partial charge >= 0.3 is 0 Å². The Hall–Kier alpha value is -1.02. The van der Waals surface area contributed by atoms with E-state index in [2.05, 4.69) is 37.2 Å². The summed E-state index contributed by atoms with van der Waals surface area (Å²) in [5, 5.41) is 0. The molecule has 1 aliphatic carbocycles. The topological polar surface area (TPSA) is 12.5 Å². The zero-order valence-electron chi connectivity index (χ0n) is 11.9. The molecule has 2 nitrogen and oxygen atoms in total. The van der Waals surface area contributed by atoms with Gasteiger partial charge in [-0.25, -0.2) is 0 Å². The average molecular weight is 247 g/mol. The molecule has 1 aliphatic rings. The molecule has 0 saturated heterocycles. The van der Waals surface area contributed by atoms with Crippen LogP contribution >= 0.6 is 0 Å². The van der Waals surface area contributed by atoms with Crippen LogP contribution < -0.4 is 4.74 Å². The van der Waals surface area contributed by atoms with Crippen molar-refractivity contribution in [2.45, 2.75) is 31.6 Å². The lowest BCUT2D eigenvalue weighted by molar-refractivity contribution is 0.233. The molecular formula is C16H25NO. The average Bonchev–Trinajstić information content (AvgIpc) is 2.39. The third kappa shape index (κ3) is 3.26. The SMILES string of the molecule is COc1cccc([C@@H]2CCCC[C@@H]2CN(C)C)c1. The predicted octanol–water partition coefficient (Wildman–Crippen LogP) is 3.53. The van der Waals surface area contributed by atoms with E-state index in [0.29, 0.717) is 5.92 Å². The lowest BCUT2D eigenvalue weighted by atomic mass is 9.75. The van der Waals surface area contributed by atoms with Gasteiger partial charge in [0.1, 0.15) is 5.75 Å². The molecular weight excluding hydrogens is 222 g/mol. The van der Waals surface area contributed by atoms with Crippen molar-refractivity contribution >= 4 is 0 Å². The highest BCUT2D eigenvalue weighted by molar-refractivity contribution is 5.31. The Kier molecular flexibility index (Phi) is 4.65. The second-order valence-electron chi connectivity index (χ2n) is 5.69. The Morgan fingerprint density at radius 3 is 2.72 bits per heavy atom. The number of benzene rings is 1. The van der Waals surface area contributed by atoms with Gasteiger partial charge in [-0.15, -0.1) is 0 Å². The molecule has 1 saturated carbocycles. The first-order valence-corrected chi connectivity index (χ1v) is 6.99. The molecule has 18 heavy (non-hydrogen) atoms. The zero-order chi connectivity index (χ0) is 13.0. The number of hydrogen-bond acceptors (Lipinski definition) is 2. The minimum Gasteiger partial charge on any atom is -0.497 e. The van der Waals surface area contributed by atoms with Crippen LogP contribution in [0, 0.1) is 5.92 Å². The van der Waals surface area contributed by atoms with E-state index in [1.807, 2.05) is 6.07 Å². The van der Waals surface area contributed by atoms with Crippen LogP contribution in [0.4, 0.5) is 0 Å². The van der Waals surface area contributed by atoms with Crippen LogP contribution in [0.25, 0.3) is 0 Å². The van der Waals surface area contributed by atoms with Gasteiger partial charge < -0.3 is 9.64 Å². The molecule has 2 heteroatoms. The summed E-state index contributed by atoms with van der Waals surface area (Å²) in [7, 11) is 6.10. The van der Waals surface area contributed by atoms with Crippen LogP contribution in [0.2, 0.25) is 0 Å². The van der Waals surface area contributed by atoms with Crippen LogP contribution in [-0.4, -0.2) is 32.6 Å². The summed E-state index contributed by atoms with van der Waals surface area (Å²) in [5.74, 6) is 2.48. The maximum atomic E-state index is 5.35. The largest absolute Gasteiger partial charge is 0.497 e. The van der Waals surface area contributed by atoms with E-state index in [9.17, 15) is 0 Å². The van der Waals surface area contributed by atoms with Gasteiger partial charge in [0, 0.05) is 6.54 Å². The van der Waals surface area contributed by atoms with Crippen LogP contribution in [0.5, 0.6) is 5.75 Å². The summed E-state index contributed by atoms with van der Waals surface area (Å²) in [5.41, 5.74) is 1.46. The second-order valence-corrected chi connectivity index (χ2v) is 5.69. The molecule has 100 valence electrons. The fraction of sp³-hybridized carbons (Fsp3) is 0.625. The van der Waals surface area contributed by atoms with E-state index in [1.165, 1.54) is 37.8 Å². The molecule has 0 bridgehead atoms. The molecule has 1 aromatic carbocycles. The molecule has 0 N–H and O–H groups in total. The number of nitrogens with zero attached hydrogens (tertiary/aromatic N) is 1. The molecule has 0 radical (unpaired) electrons. The summed E-state index contributed by atoms with van der Waals surface area (Å²) in [4.78, 5) is 2.32. The number of ether oxygens (including phenoxy) is 1. The molecule has 0 aliphatic heterocycles. The predicted molar refractivity (Wildman–Crippen MR) is 76.2 cm³/mol. The fourth-order valence-electron chi connectivity index (χ4n) is 3.21. The van der Waals surface area contributed by atoms with Crippen molar-refractivity contribution in [2.24, 2.45) is 5.92 Å². The fourth-order valence-corrected chi connectivity index (χ4v) is 3.21. The lowest BCUT2D eigenvalue weighted by Crippen LogP contribution is -2.28. The molecule has 0 spiro atoms. The molecule has 0 aromatic heterocycles. The first-order valence-electron chi connectivity index (χ1n) is 6.99. The third-order valence-corrected chi connectivity index (χ3v) is 4.03. The van der Waals surface area contributed by atoms with E-state index in [4.69, 9.17) is 4.74 Å². The van der Waals surface area contributed by atoms with Crippen molar-refractivity contribution in [3.63, 3.8) is 0 Å². The van der Waals surface area contributed by atoms with Gasteiger partial charge in [0.15, 0.2) is 0 Å². The molecule has 2 rings (SSSR count). The van der Waals surface area contributed by atoms with Crippen LogP contribution in [-0.2, 0) is 0 Å². The number of rotatable bonds is 4. The van der Waals surface area contributed by atoms with Crippen molar-refractivity contribution < 1.29 is 4.74 Å². The highest BCUT2D eigenvalue weighted by atomic mass is 16.5. The number of hydrogen-bond donors (Lipinski definition) is 0. The zero-order valence-corrected chi connectivity index (χ0v) is 11.9. The molecule has 1 fully saturated rings. The van der Waals surface area contributed by atoms with Crippen LogP contribution in [0.15, 0.2) is 24.3 Å². The van der Waals surface area contributed by atoms with E-state index >= 15 is 0 Å². The van der Waals surface area contributed by atoms with Gasteiger partial charge in [0.05, 0.1) is 7.11 Å². The second kappa shape index (κ2) is 6.24. The van der Waals surface area contributed by atoms with Crippen molar-refractivity contribution in [2.75, 3.05) is 27.7 Å². The van der Waals surface area contributed by atoms with E-state index in [1.54, 1.807) is 7.11 Å². The Morgan fingerprint density at radius 2 is 2.00 bits per heavy atom. The monoisotopic (exact) mass is 247 g/mol. The van der Waals surface area contributed by atoms with Gasteiger partial charge in [-0.2, -0.15) is 0 Å². The van der Waals surface area contributed by atoms with Crippen molar-refractivity contribution in [1.29, 1.82) is 0 Å². The Labute approximate surface area is 111 Å². The smallest absolute Gasteiger partial charge is 0.119 e. The van der Waals surface area contributed by atoms with E-state index < -0.39 is 0 Å². The maximum absolute atomic E-state index is 5.35. The molecule has 2 atom stereocenters. The van der Waals surface area contributed by atoms with Gasteiger partial charge in [-0.05, 0) is 56.5 Å². The highest BCUT2D eigenvalue weighted by Gasteiger charge is 2.26. The minimum atomic E-state index is 0.705. The Balaban J connectivity index is 2.16. The first kappa shape index (κ1) is 13.4. The highest BCUT2D eigenvalue weighted by Crippen LogP contribution is 2.38. The van der Waals surface area contributed by atoms with Crippen molar-refractivity contribution in [1.82, 2.24) is 4.90 Å². The standard InChI is InChI=1S/C16H25NO/c1-17(2)12-14-7-4-5-10-16(14)13-8-6-9-15(11-13)18-3/h6,8-9,11,14,16H,4-5,7,10,12H2,1-3H3/t14-,16+/m1/s1. The summed E-state index contributed by atoms with van der Waals surface area (Å²) in [6, 6.07) is 8.64. The van der Waals surface area contributed by atoms with E-state index in [-0.39, 0.29) is 0 Å². The van der Waals surface area contributed by atoms with E-state index in [0.717, 1.165) is 11.7 Å². The van der Waals surface area contributed by atoms with Gasteiger partial charge in [-0.3, -0.25) is 0 Å². The summed E-state index contributed by atoms with van der Waals surface area (Å²) < 4.78 is 5.35. The summed E-state index contributed by atoms with van der Waals surface area (Å²) in [6.45, 7) is 1.20. The maximum Gasteiger partial charge on any atom is 0.119 e. The van der Waals surface area contributed by atoms with Crippen molar-refractivity contribution in [3.8, 4) is 5.75 Å². The van der Waals surface area contributed by atoms with Gasteiger partial charge in [0.2, 0.25) is 0 Å². The summed E-state index contributed by atoms with van der Waals surface area (Å²) >= 11 is 0. The van der Waals surface area contributed by atoms with Gasteiger partial charge in [0.25, 0.3) is 0 Å². The third-order valence-electron chi connectivity index (χ3n) is 4.03. The lowest BCUT2D eigenvalue weighted by Gasteiger charge is -2.34. The first-order chi connectivity index (χ1) is 8.70. The number of methoxy groups -OCH3 is 1. The van der Waals surface area contributed by atoms with Crippen LogP contribution in [0.1, 0.15) is 37.2 Å². The Bertz CT molecular complexity index is 375.